The van der Waals surface area contributed by atoms with E-state index in [1.807, 2.05) is 6.07 Å². The largest absolute Gasteiger partial charge is 0.350 e. The molecule has 0 aliphatic carbocycles. The highest BCUT2D eigenvalue weighted by Gasteiger charge is 2.18. The van der Waals surface area contributed by atoms with Crippen molar-refractivity contribution in [1.29, 1.82) is 0 Å². The van der Waals surface area contributed by atoms with Crippen LogP contribution in [0.1, 0.15) is 37.6 Å². The molecule has 21 heavy (non-hydrogen) atoms. The van der Waals surface area contributed by atoms with Gasteiger partial charge in [0, 0.05) is 18.9 Å². The third-order valence-corrected chi connectivity index (χ3v) is 3.37. The van der Waals surface area contributed by atoms with Crippen molar-refractivity contribution < 1.29 is 4.79 Å². The number of nitrogens with zero attached hydrogens (tertiary/aromatic N) is 2. The molecule has 112 valence electrons. The first-order valence-corrected chi connectivity index (χ1v) is 7.42. The van der Waals surface area contributed by atoms with E-state index in [2.05, 4.69) is 36.1 Å². The van der Waals surface area contributed by atoms with Gasteiger partial charge in [-0.15, -0.1) is 11.6 Å². The average Bonchev–Trinajstić information content (AvgIpc) is 2.42. The number of benzene rings is 1. The summed E-state index contributed by atoms with van der Waals surface area (Å²) in [4.78, 5) is 20.7. The van der Waals surface area contributed by atoms with Crippen molar-refractivity contribution in [3.8, 4) is 0 Å². The molecule has 2 rings (SSSR count). The zero-order chi connectivity index (χ0) is 15.5. The molecule has 0 aliphatic heterocycles. The summed E-state index contributed by atoms with van der Waals surface area (Å²) in [5, 5.41) is 2.79. The summed E-state index contributed by atoms with van der Waals surface area (Å²) < 4.78 is 0. The molecule has 1 amide bonds. The number of halogens is 1. The Morgan fingerprint density at radius 1 is 1.29 bits per heavy atom. The van der Waals surface area contributed by atoms with Crippen LogP contribution >= 0.6 is 11.6 Å². The summed E-state index contributed by atoms with van der Waals surface area (Å²) in [6.45, 7) is 6.83. The Morgan fingerprint density at radius 3 is 2.71 bits per heavy atom. The molecule has 0 saturated carbocycles. The number of fused-ring (bicyclic) bond motifs is 1. The van der Waals surface area contributed by atoms with E-state index in [1.54, 1.807) is 24.5 Å². The Bertz CT molecular complexity index is 631. The number of hydrogen-bond acceptors (Lipinski definition) is 3. The molecule has 1 aromatic heterocycles. The minimum Gasteiger partial charge on any atom is -0.350 e. The maximum Gasteiger partial charge on any atom is 0.253 e. The second-order valence-electron chi connectivity index (χ2n) is 6.30. The number of amides is 1. The lowest BCUT2D eigenvalue weighted by Gasteiger charge is -2.22. The van der Waals surface area contributed by atoms with Crippen LogP contribution in [0.5, 0.6) is 0 Å². The van der Waals surface area contributed by atoms with Gasteiger partial charge < -0.3 is 5.32 Å². The van der Waals surface area contributed by atoms with Crippen LogP contribution in [0.2, 0.25) is 0 Å². The van der Waals surface area contributed by atoms with Crippen molar-refractivity contribution in [2.45, 2.75) is 32.6 Å². The topological polar surface area (TPSA) is 54.9 Å². The molecule has 1 aromatic carbocycles. The van der Waals surface area contributed by atoms with Crippen LogP contribution in [0.15, 0.2) is 30.6 Å². The van der Waals surface area contributed by atoms with Crippen LogP contribution < -0.4 is 5.32 Å². The van der Waals surface area contributed by atoms with Gasteiger partial charge in [0.2, 0.25) is 0 Å². The second-order valence-corrected chi connectivity index (χ2v) is 6.92. The van der Waals surface area contributed by atoms with Crippen molar-refractivity contribution in [2.24, 2.45) is 5.41 Å². The SMILES string of the molecule is CC(C)(C)CC(Cl)CNC(=O)c1cccc2nccnc12. The quantitative estimate of drug-likeness (QED) is 0.881. The lowest BCUT2D eigenvalue weighted by Crippen LogP contribution is -2.31. The lowest BCUT2D eigenvalue weighted by molar-refractivity contribution is 0.0953. The van der Waals surface area contributed by atoms with E-state index in [-0.39, 0.29) is 16.7 Å². The van der Waals surface area contributed by atoms with Gasteiger partial charge in [-0.2, -0.15) is 0 Å². The van der Waals surface area contributed by atoms with Gasteiger partial charge in [0.25, 0.3) is 5.91 Å². The highest BCUT2D eigenvalue weighted by Crippen LogP contribution is 2.23. The molecule has 4 nitrogen and oxygen atoms in total. The number of para-hydroxylation sites is 1. The predicted molar refractivity (Wildman–Crippen MR) is 85.6 cm³/mol. The second kappa shape index (κ2) is 6.39. The first kappa shape index (κ1) is 15.7. The van der Waals surface area contributed by atoms with Crippen LogP contribution in [-0.4, -0.2) is 27.8 Å². The molecule has 0 aliphatic rings. The fourth-order valence-corrected chi connectivity index (χ4v) is 2.75. The van der Waals surface area contributed by atoms with Crippen LogP contribution in [0, 0.1) is 5.41 Å². The Kier molecular flexibility index (Phi) is 4.78. The van der Waals surface area contributed by atoms with Gasteiger partial charge in [0.05, 0.1) is 16.5 Å². The van der Waals surface area contributed by atoms with E-state index >= 15 is 0 Å². The summed E-state index contributed by atoms with van der Waals surface area (Å²) in [6.07, 6.45) is 4.04. The molecule has 0 saturated heterocycles. The van der Waals surface area contributed by atoms with Crippen molar-refractivity contribution in [3.05, 3.63) is 36.2 Å². The predicted octanol–water partition coefficient (Wildman–Crippen LogP) is 3.40. The zero-order valence-corrected chi connectivity index (χ0v) is 13.3. The lowest BCUT2D eigenvalue weighted by atomic mass is 9.90. The van der Waals surface area contributed by atoms with Crippen molar-refractivity contribution in [2.75, 3.05) is 6.54 Å². The number of nitrogens with one attached hydrogen (secondary N) is 1. The minimum atomic E-state index is -0.166. The van der Waals surface area contributed by atoms with Crippen LogP contribution in [-0.2, 0) is 0 Å². The maximum absolute atomic E-state index is 12.3. The molecule has 5 heteroatoms. The molecule has 0 radical (unpaired) electrons. The molecule has 1 heterocycles. The fourth-order valence-electron chi connectivity index (χ4n) is 2.21. The first-order valence-electron chi connectivity index (χ1n) is 6.99. The standard InChI is InChI=1S/C16H20ClN3O/c1-16(2,3)9-11(17)10-20-15(21)12-5-4-6-13-14(12)19-8-7-18-13/h4-8,11H,9-10H2,1-3H3,(H,20,21). The molecular weight excluding hydrogens is 286 g/mol. The van der Waals surface area contributed by atoms with E-state index in [0.717, 1.165) is 6.42 Å². The molecule has 0 spiro atoms. The molecule has 1 N–H and O–H groups in total. The number of aromatic nitrogens is 2. The van der Waals surface area contributed by atoms with Gasteiger partial charge in [0.1, 0.15) is 5.52 Å². The molecule has 0 bridgehead atoms. The summed E-state index contributed by atoms with van der Waals surface area (Å²) >= 11 is 6.27. The number of carbonyl (C=O) groups is 1. The maximum atomic E-state index is 12.3. The summed E-state index contributed by atoms with van der Waals surface area (Å²) in [6, 6.07) is 5.39. The Balaban J connectivity index is 2.06. The van der Waals surface area contributed by atoms with Crippen LogP contribution in [0.3, 0.4) is 0 Å². The van der Waals surface area contributed by atoms with Crippen molar-refractivity contribution >= 4 is 28.5 Å². The number of rotatable bonds is 4. The highest BCUT2D eigenvalue weighted by molar-refractivity contribution is 6.21. The summed E-state index contributed by atoms with van der Waals surface area (Å²) in [7, 11) is 0. The fraction of sp³-hybridized carbons (Fsp3) is 0.438. The first-order chi connectivity index (χ1) is 9.87. The van der Waals surface area contributed by atoms with Crippen molar-refractivity contribution in [1.82, 2.24) is 15.3 Å². The third-order valence-electron chi connectivity index (χ3n) is 3.06. The van der Waals surface area contributed by atoms with E-state index in [9.17, 15) is 4.79 Å². The summed E-state index contributed by atoms with van der Waals surface area (Å²) in [5.41, 5.74) is 1.99. The Labute approximate surface area is 129 Å². The molecule has 1 atom stereocenters. The van der Waals surface area contributed by atoms with Crippen LogP contribution in [0.25, 0.3) is 11.0 Å². The van der Waals surface area contributed by atoms with Crippen molar-refractivity contribution in [3.63, 3.8) is 0 Å². The molecular formula is C16H20ClN3O. The smallest absolute Gasteiger partial charge is 0.253 e. The number of carbonyl (C=O) groups excluding carboxylic acids is 1. The molecule has 0 fully saturated rings. The average molecular weight is 306 g/mol. The van der Waals surface area contributed by atoms with Gasteiger partial charge in [0.15, 0.2) is 0 Å². The van der Waals surface area contributed by atoms with E-state index in [4.69, 9.17) is 11.6 Å². The molecule has 1 unspecified atom stereocenters. The highest BCUT2D eigenvalue weighted by atomic mass is 35.5. The Morgan fingerprint density at radius 2 is 2.00 bits per heavy atom. The van der Waals surface area contributed by atoms with E-state index in [1.165, 1.54) is 0 Å². The van der Waals surface area contributed by atoms with E-state index < -0.39 is 0 Å². The summed E-state index contributed by atoms with van der Waals surface area (Å²) in [5.74, 6) is -0.166. The molecule has 2 aromatic rings. The van der Waals surface area contributed by atoms with Crippen LogP contribution in [0.4, 0.5) is 0 Å². The van der Waals surface area contributed by atoms with Gasteiger partial charge in [-0.3, -0.25) is 14.8 Å². The van der Waals surface area contributed by atoms with Gasteiger partial charge in [-0.25, -0.2) is 0 Å². The minimum absolute atomic E-state index is 0.0880. The van der Waals surface area contributed by atoms with Gasteiger partial charge in [-0.05, 0) is 24.0 Å². The third kappa shape index (κ3) is 4.39. The monoisotopic (exact) mass is 305 g/mol. The van der Waals surface area contributed by atoms with E-state index in [0.29, 0.717) is 23.1 Å². The normalized spacial score (nSPS) is 13.1. The van der Waals surface area contributed by atoms with Gasteiger partial charge >= 0.3 is 0 Å². The van der Waals surface area contributed by atoms with Gasteiger partial charge in [-0.1, -0.05) is 26.8 Å². The number of alkyl halides is 1. The Hall–Kier alpha value is -1.68. The zero-order valence-electron chi connectivity index (χ0n) is 12.6. The number of hydrogen-bond donors (Lipinski definition) is 1.